The predicted octanol–water partition coefficient (Wildman–Crippen LogP) is 7.29. The van der Waals surface area contributed by atoms with Crippen molar-refractivity contribution in [3.63, 3.8) is 0 Å². The van der Waals surface area contributed by atoms with Crippen LogP contribution in [0.15, 0.2) is 60.2 Å². The fourth-order valence-corrected chi connectivity index (χ4v) is 8.01. The van der Waals surface area contributed by atoms with Gasteiger partial charge in [-0.25, -0.2) is 0 Å². The minimum atomic E-state index is -0.666. The predicted molar refractivity (Wildman–Crippen MR) is 190 cm³/mol. The summed E-state index contributed by atoms with van der Waals surface area (Å²) in [6.45, 7) is 5.21. The number of aliphatic hydroxyl groups is 1. The number of benzene rings is 3. The lowest BCUT2D eigenvalue weighted by atomic mass is 9.83. The molecule has 3 aromatic rings. The molecule has 0 aromatic heterocycles. The van der Waals surface area contributed by atoms with E-state index in [9.17, 15) is 9.90 Å². The molecule has 1 amide bonds. The Balaban J connectivity index is 1.11. The number of anilines is 1. The fourth-order valence-electron chi connectivity index (χ4n) is 7.03. The molecule has 47 heavy (non-hydrogen) atoms. The van der Waals surface area contributed by atoms with Gasteiger partial charge in [0.25, 0.3) is 5.91 Å². The fraction of sp³-hybridized carbons (Fsp3) is 0.417. The first-order valence-corrected chi connectivity index (χ1v) is 17.8. The van der Waals surface area contributed by atoms with Crippen LogP contribution in [0.25, 0.3) is 5.57 Å². The lowest BCUT2D eigenvalue weighted by Crippen LogP contribution is -2.60. The molecule has 1 aliphatic carbocycles. The molecule has 3 N–H and O–H groups in total. The average Bonchev–Trinajstić information content (AvgIpc) is 3.79. The molecule has 3 fully saturated rings. The van der Waals surface area contributed by atoms with Crippen LogP contribution in [0.1, 0.15) is 55.4 Å². The summed E-state index contributed by atoms with van der Waals surface area (Å²) in [6, 6.07) is 18.0. The highest BCUT2D eigenvalue weighted by Gasteiger charge is 2.41. The van der Waals surface area contributed by atoms with E-state index in [-0.39, 0.29) is 30.1 Å². The average molecular weight is 717 g/mol. The van der Waals surface area contributed by atoms with Crippen LogP contribution in [-0.4, -0.2) is 66.3 Å². The molecule has 248 valence electrons. The van der Waals surface area contributed by atoms with Gasteiger partial charge in [-0.3, -0.25) is 4.79 Å². The third kappa shape index (κ3) is 7.00. The van der Waals surface area contributed by atoms with Gasteiger partial charge in [0.1, 0.15) is 6.10 Å². The number of ether oxygens (including phenoxy) is 1. The van der Waals surface area contributed by atoms with Gasteiger partial charge in [-0.1, -0.05) is 70.7 Å². The summed E-state index contributed by atoms with van der Waals surface area (Å²) in [5.74, 6) is 0.522. The first-order chi connectivity index (χ1) is 22.7. The first kappa shape index (κ1) is 33.0. The Labute approximate surface area is 295 Å². The van der Waals surface area contributed by atoms with E-state index in [1.165, 1.54) is 0 Å². The maximum absolute atomic E-state index is 14.5. The molecule has 0 spiro atoms. The van der Waals surface area contributed by atoms with Crippen LogP contribution in [0, 0.1) is 0 Å². The minimum Gasteiger partial charge on any atom is -0.485 e. The van der Waals surface area contributed by atoms with Crippen LogP contribution in [0.5, 0.6) is 5.75 Å². The van der Waals surface area contributed by atoms with Crippen molar-refractivity contribution in [1.29, 1.82) is 0 Å². The number of carbonyl (C=O) groups is 1. The minimum absolute atomic E-state index is 0.0643. The standard InChI is InChI=1S/C36H38Cl4N4O3/c1-20(45)23-13-30(38)35(31(39)14-23)47-27-11-12-43(19-27)25-7-5-21(6-8-25)28-15-24-16-41-17-32(42-24)33(28)36(46)44(26-9-10-26)18-22-3-2-4-29(37)34(22)40/h2-8,13-14,20,24,26-27,32,41-42,45H,9-12,15-19H2,1H3/t20-,24-,27-,32-/m1/s1. The van der Waals surface area contributed by atoms with E-state index in [1.54, 1.807) is 25.1 Å². The van der Waals surface area contributed by atoms with E-state index in [2.05, 4.69) is 39.8 Å². The highest BCUT2D eigenvalue weighted by molar-refractivity contribution is 6.42. The molecule has 7 nitrogen and oxygen atoms in total. The van der Waals surface area contributed by atoms with Gasteiger partial charge >= 0.3 is 0 Å². The number of carbonyl (C=O) groups excluding carboxylic acids is 1. The van der Waals surface area contributed by atoms with E-state index in [0.717, 1.165) is 66.7 Å². The summed E-state index contributed by atoms with van der Waals surface area (Å²) < 4.78 is 6.26. The van der Waals surface area contributed by atoms with Gasteiger partial charge in [0, 0.05) is 55.9 Å². The Bertz CT molecular complexity index is 1670. The number of amides is 1. The van der Waals surface area contributed by atoms with Crippen molar-refractivity contribution in [2.75, 3.05) is 31.1 Å². The number of halogens is 4. The molecule has 3 heterocycles. The zero-order valence-corrected chi connectivity index (χ0v) is 29.1. The Kier molecular flexibility index (Phi) is 9.69. The van der Waals surface area contributed by atoms with Crippen molar-refractivity contribution in [2.24, 2.45) is 0 Å². The van der Waals surface area contributed by atoms with Gasteiger partial charge in [0.2, 0.25) is 0 Å². The number of rotatable bonds is 9. The smallest absolute Gasteiger partial charge is 0.252 e. The van der Waals surface area contributed by atoms with Crippen LogP contribution < -0.4 is 20.3 Å². The Morgan fingerprint density at radius 3 is 2.47 bits per heavy atom. The largest absolute Gasteiger partial charge is 0.485 e. The molecule has 3 aromatic carbocycles. The monoisotopic (exact) mass is 714 g/mol. The Morgan fingerprint density at radius 1 is 1.02 bits per heavy atom. The molecule has 11 heteroatoms. The van der Waals surface area contributed by atoms with Crippen molar-refractivity contribution < 1.29 is 14.6 Å². The van der Waals surface area contributed by atoms with Crippen LogP contribution in [-0.2, 0) is 11.3 Å². The van der Waals surface area contributed by atoms with E-state index < -0.39 is 6.10 Å². The van der Waals surface area contributed by atoms with E-state index in [0.29, 0.717) is 51.0 Å². The van der Waals surface area contributed by atoms with Crippen LogP contribution in [0.4, 0.5) is 5.69 Å². The lowest BCUT2D eigenvalue weighted by molar-refractivity contribution is -0.128. The summed E-state index contributed by atoms with van der Waals surface area (Å²) >= 11 is 25.9. The molecule has 4 atom stereocenters. The van der Waals surface area contributed by atoms with Gasteiger partial charge in [0.05, 0.1) is 38.8 Å². The Morgan fingerprint density at radius 2 is 1.77 bits per heavy atom. The summed E-state index contributed by atoms with van der Waals surface area (Å²) in [6.07, 6.45) is 2.84. The van der Waals surface area contributed by atoms with Gasteiger partial charge < -0.3 is 30.3 Å². The number of nitrogens with one attached hydrogen (secondary N) is 2. The van der Waals surface area contributed by atoms with Crippen LogP contribution >= 0.6 is 46.4 Å². The van der Waals surface area contributed by atoms with Crippen molar-refractivity contribution in [3.8, 4) is 5.75 Å². The summed E-state index contributed by atoms with van der Waals surface area (Å²) in [7, 11) is 0. The van der Waals surface area contributed by atoms with E-state index >= 15 is 0 Å². The molecular formula is C36H38Cl4N4O3. The summed E-state index contributed by atoms with van der Waals surface area (Å²) in [4.78, 5) is 18.8. The summed E-state index contributed by atoms with van der Waals surface area (Å²) in [5, 5.41) is 18.9. The van der Waals surface area contributed by atoms with Crippen molar-refractivity contribution in [1.82, 2.24) is 15.5 Å². The molecule has 2 saturated heterocycles. The van der Waals surface area contributed by atoms with Gasteiger partial charge in [-0.2, -0.15) is 0 Å². The SMILES string of the molecule is C[C@@H](O)c1cc(Cl)c(O[C@@H]2CCN(c3ccc(C4=C(C(=O)N(Cc5cccc(Cl)c5Cl)C5CC5)[C@H]5CNC[C@@H](C4)N5)cc3)C2)c(Cl)c1. The third-order valence-electron chi connectivity index (χ3n) is 9.66. The quantitative estimate of drug-likeness (QED) is 0.216. The number of hydrogen-bond acceptors (Lipinski definition) is 6. The molecule has 4 aliphatic rings. The maximum Gasteiger partial charge on any atom is 0.252 e. The van der Waals surface area contributed by atoms with Gasteiger partial charge in [-0.05, 0) is 78.8 Å². The van der Waals surface area contributed by atoms with Crippen molar-refractivity contribution in [2.45, 2.75) is 69.5 Å². The van der Waals surface area contributed by atoms with Crippen molar-refractivity contribution in [3.05, 3.63) is 97.0 Å². The van der Waals surface area contributed by atoms with Gasteiger partial charge in [-0.15, -0.1) is 0 Å². The number of nitrogens with zero attached hydrogens (tertiary/aromatic N) is 2. The zero-order chi connectivity index (χ0) is 32.8. The topological polar surface area (TPSA) is 77.1 Å². The number of aliphatic hydroxyl groups excluding tert-OH is 1. The second kappa shape index (κ2) is 13.8. The van der Waals surface area contributed by atoms with Crippen LogP contribution in [0.2, 0.25) is 20.1 Å². The Hall–Kier alpha value is -2.49. The van der Waals surface area contributed by atoms with E-state index in [1.807, 2.05) is 17.0 Å². The molecule has 2 bridgehead atoms. The van der Waals surface area contributed by atoms with E-state index in [4.69, 9.17) is 51.1 Å². The zero-order valence-electron chi connectivity index (χ0n) is 26.1. The van der Waals surface area contributed by atoms with Crippen LogP contribution in [0.3, 0.4) is 0 Å². The highest BCUT2D eigenvalue weighted by Crippen LogP contribution is 2.40. The molecule has 3 aliphatic heterocycles. The summed E-state index contributed by atoms with van der Waals surface area (Å²) in [5.41, 5.74) is 5.66. The normalized spacial score (nSPS) is 23.2. The first-order valence-electron chi connectivity index (χ1n) is 16.3. The maximum atomic E-state index is 14.5. The second-order valence-corrected chi connectivity index (χ2v) is 14.7. The van der Waals surface area contributed by atoms with Gasteiger partial charge in [0.15, 0.2) is 5.75 Å². The molecular weight excluding hydrogens is 678 g/mol. The second-order valence-electron chi connectivity index (χ2n) is 13.1. The number of piperazine rings is 1. The van der Waals surface area contributed by atoms with Crippen molar-refractivity contribution >= 4 is 63.6 Å². The molecule has 0 unspecified atom stereocenters. The third-order valence-corrected chi connectivity index (χ3v) is 11.1. The highest BCUT2D eigenvalue weighted by atomic mass is 35.5. The number of hydrogen-bond donors (Lipinski definition) is 3. The molecule has 0 radical (unpaired) electrons. The lowest BCUT2D eigenvalue weighted by Gasteiger charge is -2.41. The number of fused-ring (bicyclic) bond motifs is 2. The molecule has 1 saturated carbocycles. The molecule has 7 rings (SSSR count).